The molecule has 2 heterocycles. The second-order valence-electron chi connectivity index (χ2n) is 5.01. The van der Waals surface area contributed by atoms with Crippen LogP contribution in [0.15, 0.2) is 6.20 Å². The van der Waals surface area contributed by atoms with Crippen LogP contribution in [0.2, 0.25) is 0 Å². The lowest BCUT2D eigenvalue weighted by Gasteiger charge is -2.26. The molecule has 0 aliphatic carbocycles. The predicted molar refractivity (Wildman–Crippen MR) is 58.6 cm³/mol. The number of hydrogen-bond donors (Lipinski definition) is 0. The molecule has 84 valence electrons. The Kier molecular flexibility index (Phi) is 2.57. The highest BCUT2D eigenvalue weighted by Gasteiger charge is 2.31. The van der Waals surface area contributed by atoms with E-state index in [9.17, 15) is 4.39 Å². The monoisotopic (exact) mass is 210 g/mol. The molecule has 3 heteroatoms. The number of nitrogens with zero attached hydrogens (tertiary/aromatic N) is 2. The van der Waals surface area contributed by atoms with Crippen molar-refractivity contribution in [1.29, 1.82) is 0 Å². The number of halogens is 1. The van der Waals surface area contributed by atoms with Crippen LogP contribution >= 0.6 is 0 Å². The lowest BCUT2D eigenvalue weighted by atomic mass is 9.81. The number of rotatable bonds is 2. The molecule has 0 spiro atoms. The highest BCUT2D eigenvalue weighted by molar-refractivity contribution is 5.29. The van der Waals surface area contributed by atoms with Crippen molar-refractivity contribution >= 4 is 0 Å². The molecule has 2 nitrogen and oxygen atoms in total. The van der Waals surface area contributed by atoms with Gasteiger partial charge in [0.2, 0.25) is 0 Å². The van der Waals surface area contributed by atoms with Crippen LogP contribution in [-0.2, 0) is 12.0 Å². The highest BCUT2D eigenvalue weighted by Crippen LogP contribution is 2.37. The first kappa shape index (κ1) is 10.7. The van der Waals surface area contributed by atoms with Gasteiger partial charge in [0.15, 0.2) is 0 Å². The summed E-state index contributed by atoms with van der Waals surface area (Å²) in [5, 5.41) is 4.30. The van der Waals surface area contributed by atoms with Crippen LogP contribution in [0.25, 0.3) is 0 Å². The molecule has 1 aliphatic rings. The van der Waals surface area contributed by atoms with Crippen molar-refractivity contribution in [2.75, 3.05) is 0 Å². The molecule has 15 heavy (non-hydrogen) atoms. The third kappa shape index (κ3) is 1.68. The van der Waals surface area contributed by atoms with E-state index in [1.807, 2.05) is 10.9 Å². The molecule has 0 N–H and O–H groups in total. The van der Waals surface area contributed by atoms with E-state index in [1.54, 1.807) is 0 Å². The summed E-state index contributed by atoms with van der Waals surface area (Å²) in [4.78, 5) is 0. The van der Waals surface area contributed by atoms with E-state index < -0.39 is 6.17 Å². The summed E-state index contributed by atoms with van der Waals surface area (Å²) in [7, 11) is 0. The molecule has 0 bridgehead atoms. The van der Waals surface area contributed by atoms with Gasteiger partial charge in [0.05, 0.1) is 11.9 Å². The lowest BCUT2D eigenvalue weighted by Crippen LogP contribution is -2.21. The summed E-state index contributed by atoms with van der Waals surface area (Å²) in [6.45, 7) is 7.33. The summed E-state index contributed by atoms with van der Waals surface area (Å²) in [5.41, 5.74) is 1.96. The molecule has 0 fully saturated rings. The molecule has 0 amide bonds. The van der Waals surface area contributed by atoms with Crippen molar-refractivity contribution in [2.24, 2.45) is 0 Å². The van der Waals surface area contributed by atoms with E-state index in [1.165, 1.54) is 0 Å². The number of aromatic nitrogens is 2. The fourth-order valence-electron chi connectivity index (χ4n) is 2.17. The van der Waals surface area contributed by atoms with Crippen molar-refractivity contribution in [3.8, 4) is 0 Å². The van der Waals surface area contributed by atoms with Crippen LogP contribution < -0.4 is 0 Å². The molecule has 1 atom stereocenters. The molecule has 1 aromatic rings. The minimum absolute atomic E-state index is 0.0370. The highest BCUT2D eigenvalue weighted by atomic mass is 19.1. The zero-order chi connectivity index (χ0) is 11.1. The van der Waals surface area contributed by atoms with Gasteiger partial charge < -0.3 is 0 Å². The second kappa shape index (κ2) is 3.62. The first-order chi connectivity index (χ1) is 7.06. The van der Waals surface area contributed by atoms with Crippen LogP contribution in [0.1, 0.15) is 57.5 Å². The van der Waals surface area contributed by atoms with E-state index in [-0.39, 0.29) is 5.41 Å². The fourth-order valence-corrected chi connectivity index (χ4v) is 2.17. The van der Waals surface area contributed by atoms with Crippen molar-refractivity contribution in [3.63, 3.8) is 0 Å². The molecule has 1 aliphatic heterocycles. The average Bonchev–Trinajstić information content (AvgIpc) is 2.63. The van der Waals surface area contributed by atoms with Gasteiger partial charge >= 0.3 is 0 Å². The maximum Gasteiger partial charge on any atom is 0.142 e. The Balaban J connectivity index is 2.46. The summed E-state index contributed by atoms with van der Waals surface area (Å²) < 4.78 is 15.7. The molecular formula is C12H19FN2. The quantitative estimate of drug-likeness (QED) is 0.731. The number of aryl methyl sites for hydroxylation is 1. The van der Waals surface area contributed by atoms with Gasteiger partial charge in [-0.05, 0) is 24.7 Å². The first-order valence-electron chi connectivity index (χ1n) is 5.76. The Morgan fingerprint density at radius 3 is 3.00 bits per heavy atom. The summed E-state index contributed by atoms with van der Waals surface area (Å²) >= 11 is 0. The van der Waals surface area contributed by atoms with Crippen LogP contribution in [0, 0.1) is 0 Å². The number of fused-ring (bicyclic) bond motifs is 1. The van der Waals surface area contributed by atoms with Gasteiger partial charge in [-0.25, -0.2) is 4.39 Å². The average molecular weight is 210 g/mol. The van der Waals surface area contributed by atoms with Gasteiger partial charge in [-0.2, -0.15) is 5.10 Å². The largest absolute Gasteiger partial charge is 0.266 e. The Morgan fingerprint density at radius 2 is 2.33 bits per heavy atom. The van der Waals surface area contributed by atoms with Crippen LogP contribution in [-0.4, -0.2) is 9.78 Å². The van der Waals surface area contributed by atoms with E-state index in [0.717, 1.165) is 30.6 Å². The number of hydrogen-bond acceptors (Lipinski definition) is 1. The third-order valence-electron chi connectivity index (χ3n) is 3.62. The molecule has 1 unspecified atom stereocenters. The summed E-state index contributed by atoms with van der Waals surface area (Å²) in [6.07, 6.45) is 3.61. The molecule has 2 rings (SSSR count). The Hall–Kier alpha value is -0.860. The standard InChI is InChI=1S/C12H19FN2/c1-4-12(2,3)9-8-14-15-7-5-6-10(13)11(9)15/h8,10H,4-7H2,1-3H3. The molecule has 1 aromatic heterocycles. The Labute approximate surface area is 90.5 Å². The SMILES string of the molecule is CCC(C)(C)c1cnn2c1C(F)CCC2. The summed E-state index contributed by atoms with van der Waals surface area (Å²) in [5.74, 6) is 0. The van der Waals surface area contributed by atoms with Crippen LogP contribution in [0.3, 0.4) is 0 Å². The zero-order valence-electron chi connectivity index (χ0n) is 9.76. The minimum atomic E-state index is -0.818. The van der Waals surface area contributed by atoms with Gasteiger partial charge in [0.25, 0.3) is 0 Å². The second-order valence-corrected chi connectivity index (χ2v) is 5.01. The maximum atomic E-state index is 13.9. The van der Waals surface area contributed by atoms with Gasteiger partial charge in [0, 0.05) is 12.1 Å². The minimum Gasteiger partial charge on any atom is -0.266 e. The van der Waals surface area contributed by atoms with Crippen molar-refractivity contribution in [1.82, 2.24) is 9.78 Å². The van der Waals surface area contributed by atoms with Gasteiger partial charge in [-0.3, -0.25) is 4.68 Å². The molecule has 0 saturated heterocycles. The molecule has 0 aromatic carbocycles. The molecule has 0 radical (unpaired) electrons. The van der Waals surface area contributed by atoms with E-state index >= 15 is 0 Å². The maximum absolute atomic E-state index is 13.9. The predicted octanol–water partition coefficient (Wildman–Crippen LogP) is 3.38. The molecule has 0 saturated carbocycles. The van der Waals surface area contributed by atoms with Gasteiger partial charge in [-0.1, -0.05) is 20.8 Å². The molecular weight excluding hydrogens is 191 g/mol. The van der Waals surface area contributed by atoms with E-state index in [0.29, 0.717) is 6.42 Å². The van der Waals surface area contributed by atoms with E-state index in [2.05, 4.69) is 25.9 Å². The first-order valence-corrected chi connectivity index (χ1v) is 5.76. The van der Waals surface area contributed by atoms with Crippen LogP contribution in [0.4, 0.5) is 4.39 Å². The van der Waals surface area contributed by atoms with Crippen molar-refractivity contribution in [2.45, 2.75) is 58.2 Å². The fraction of sp³-hybridized carbons (Fsp3) is 0.750. The summed E-state index contributed by atoms with van der Waals surface area (Å²) in [6, 6.07) is 0. The van der Waals surface area contributed by atoms with Gasteiger partial charge in [-0.15, -0.1) is 0 Å². The van der Waals surface area contributed by atoms with Crippen molar-refractivity contribution in [3.05, 3.63) is 17.5 Å². The zero-order valence-corrected chi connectivity index (χ0v) is 9.76. The van der Waals surface area contributed by atoms with Gasteiger partial charge in [0.1, 0.15) is 6.17 Å². The smallest absolute Gasteiger partial charge is 0.142 e. The third-order valence-corrected chi connectivity index (χ3v) is 3.62. The number of alkyl halides is 1. The Morgan fingerprint density at radius 1 is 1.60 bits per heavy atom. The topological polar surface area (TPSA) is 17.8 Å². The lowest BCUT2D eigenvalue weighted by molar-refractivity contribution is 0.254. The van der Waals surface area contributed by atoms with Crippen LogP contribution in [0.5, 0.6) is 0 Å². The van der Waals surface area contributed by atoms with E-state index in [4.69, 9.17) is 0 Å². The van der Waals surface area contributed by atoms with Crippen molar-refractivity contribution < 1.29 is 4.39 Å². The normalized spacial score (nSPS) is 21.5. The Bertz CT molecular complexity index is 355.